The Hall–Kier alpha value is -1.18. The van der Waals surface area contributed by atoms with Crippen LogP contribution in [0.3, 0.4) is 0 Å². The van der Waals surface area contributed by atoms with Gasteiger partial charge in [-0.1, -0.05) is 12.8 Å². The van der Waals surface area contributed by atoms with E-state index in [0.717, 1.165) is 25.7 Å². The number of anilines is 1. The molecule has 1 heterocycles. The molecule has 0 spiro atoms. The molecule has 0 atom stereocenters. The van der Waals surface area contributed by atoms with Crippen LogP contribution in [0.15, 0.2) is 23.2 Å². The summed E-state index contributed by atoms with van der Waals surface area (Å²) in [5.74, 6) is 0.286. The Labute approximate surface area is 113 Å². The zero-order chi connectivity index (χ0) is 13.9. The average Bonchev–Trinajstić information content (AvgIpc) is 2.89. The highest BCUT2D eigenvalue weighted by Crippen LogP contribution is 2.28. The lowest BCUT2D eigenvalue weighted by Crippen LogP contribution is -2.40. The number of pyridine rings is 1. The van der Waals surface area contributed by atoms with Gasteiger partial charge in [-0.2, -0.15) is 4.31 Å². The summed E-state index contributed by atoms with van der Waals surface area (Å²) >= 11 is 0. The van der Waals surface area contributed by atoms with E-state index in [4.69, 9.17) is 10.8 Å². The van der Waals surface area contributed by atoms with Crippen LogP contribution in [-0.2, 0) is 10.0 Å². The van der Waals surface area contributed by atoms with Crippen LogP contribution in [0.1, 0.15) is 25.7 Å². The Morgan fingerprint density at radius 1 is 1.37 bits per heavy atom. The van der Waals surface area contributed by atoms with Gasteiger partial charge in [0.05, 0.1) is 6.61 Å². The number of aliphatic hydroxyl groups is 1. The Bertz CT molecular complexity index is 510. The maximum Gasteiger partial charge on any atom is 0.244 e. The van der Waals surface area contributed by atoms with Gasteiger partial charge in [0.15, 0.2) is 0 Å². The first-order valence-corrected chi connectivity index (χ1v) is 7.84. The molecular weight excluding hydrogens is 266 g/mol. The van der Waals surface area contributed by atoms with Crippen LogP contribution in [0.2, 0.25) is 0 Å². The van der Waals surface area contributed by atoms with Crippen molar-refractivity contribution < 1.29 is 13.5 Å². The number of aromatic nitrogens is 1. The predicted molar refractivity (Wildman–Crippen MR) is 71.9 cm³/mol. The van der Waals surface area contributed by atoms with E-state index < -0.39 is 10.0 Å². The third-order valence-corrected chi connectivity index (χ3v) is 5.35. The molecule has 0 aromatic carbocycles. The van der Waals surface area contributed by atoms with Crippen LogP contribution in [0, 0.1) is 0 Å². The monoisotopic (exact) mass is 285 g/mol. The fourth-order valence-electron chi connectivity index (χ4n) is 2.47. The molecule has 1 aliphatic carbocycles. The van der Waals surface area contributed by atoms with Gasteiger partial charge in [0, 0.05) is 18.8 Å². The summed E-state index contributed by atoms with van der Waals surface area (Å²) in [6.45, 7) is -0.0600. The zero-order valence-electron chi connectivity index (χ0n) is 10.7. The van der Waals surface area contributed by atoms with Gasteiger partial charge in [0.25, 0.3) is 0 Å². The fourth-order valence-corrected chi connectivity index (χ4v) is 4.09. The lowest BCUT2D eigenvalue weighted by molar-refractivity contribution is 0.226. The number of nitrogens with zero attached hydrogens (tertiary/aromatic N) is 2. The second kappa shape index (κ2) is 5.85. The minimum Gasteiger partial charge on any atom is -0.395 e. The molecule has 7 heteroatoms. The molecule has 2 rings (SSSR count). The van der Waals surface area contributed by atoms with E-state index in [-0.39, 0.29) is 29.9 Å². The highest BCUT2D eigenvalue weighted by Gasteiger charge is 2.32. The molecule has 0 amide bonds. The Morgan fingerprint density at radius 2 is 2.05 bits per heavy atom. The third-order valence-electron chi connectivity index (χ3n) is 3.42. The maximum absolute atomic E-state index is 12.6. The molecule has 1 aromatic rings. The molecular formula is C12H19N3O3S. The molecule has 0 bridgehead atoms. The first kappa shape index (κ1) is 14.2. The second-order valence-electron chi connectivity index (χ2n) is 4.70. The molecule has 106 valence electrons. The Kier molecular flexibility index (Phi) is 4.38. The van der Waals surface area contributed by atoms with Crippen LogP contribution in [-0.4, -0.2) is 42.0 Å². The van der Waals surface area contributed by atoms with E-state index in [1.54, 1.807) is 0 Å². The highest BCUT2D eigenvalue weighted by molar-refractivity contribution is 7.89. The molecule has 1 saturated carbocycles. The smallest absolute Gasteiger partial charge is 0.244 e. The number of hydrogen-bond acceptors (Lipinski definition) is 5. The van der Waals surface area contributed by atoms with Crippen molar-refractivity contribution in [2.24, 2.45) is 0 Å². The summed E-state index contributed by atoms with van der Waals surface area (Å²) in [6.07, 6.45) is 5.03. The summed E-state index contributed by atoms with van der Waals surface area (Å²) in [5.41, 5.74) is 5.47. The summed E-state index contributed by atoms with van der Waals surface area (Å²) in [6, 6.07) is 2.91. The first-order valence-electron chi connectivity index (χ1n) is 6.40. The highest BCUT2D eigenvalue weighted by atomic mass is 32.2. The fraction of sp³-hybridized carbons (Fsp3) is 0.583. The van der Waals surface area contributed by atoms with Crippen LogP contribution >= 0.6 is 0 Å². The summed E-state index contributed by atoms with van der Waals surface area (Å²) < 4.78 is 26.5. The number of nitrogen functional groups attached to an aromatic ring is 1. The van der Waals surface area contributed by atoms with Gasteiger partial charge in [0.1, 0.15) is 10.7 Å². The average molecular weight is 285 g/mol. The van der Waals surface area contributed by atoms with Gasteiger partial charge in [-0.25, -0.2) is 13.4 Å². The van der Waals surface area contributed by atoms with Crippen LogP contribution in [0.25, 0.3) is 0 Å². The van der Waals surface area contributed by atoms with E-state index in [0.29, 0.717) is 0 Å². The molecule has 1 aromatic heterocycles. The van der Waals surface area contributed by atoms with Crippen molar-refractivity contribution in [1.29, 1.82) is 0 Å². The van der Waals surface area contributed by atoms with Crippen molar-refractivity contribution in [3.63, 3.8) is 0 Å². The molecule has 1 fully saturated rings. The van der Waals surface area contributed by atoms with Gasteiger partial charge < -0.3 is 10.8 Å². The predicted octanol–water partition coefficient (Wildman–Crippen LogP) is 0.589. The van der Waals surface area contributed by atoms with Crippen LogP contribution in [0.4, 0.5) is 5.82 Å². The Morgan fingerprint density at radius 3 is 2.58 bits per heavy atom. The molecule has 3 N–H and O–H groups in total. The minimum absolute atomic E-state index is 0.0188. The van der Waals surface area contributed by atoms with Crippen molar-refractivity contribution in [3.05, 3.63) is 18.3 Å². The lowest BCUT2D eigenvalue weighted by atomic mass is 10.2. The van der Waals surface area contributed by atoms with Gasteiger partial charge in [0.2, 0.25) is 10.0 Å². The molecule has 6 nitrogen and oxygen atoms in total. The van der Waals surface area contributed by atoms with Crippen molar-refractivity contribution in [2.45, 2.75) is 36.6 Å². The van der Waals surface area contributed by atoms with Crippen molar-refractivity contribution in [2.75, 3.05) is 18.9 Å². The summed E-state index contributed by atoms with van der Waals surface area (Å²) in [4.78, 5) is 3.95. The van der Waals surface area contributed by atoms with Crippen LogP contribution in [0.5, 0.6) is 0 Å². The van der Waals surface area contributed by atoms with Crippen LogP contribution < -0.4 is 5.73 Å². The zero-order valence-corrected chi connectivity index (χ0v) is 11.5. The molecule has 0 saturated heterocycles. The van der Waals surface area contributed by atoms with Gasteiger partial charge >= 0.3 is 0 Å². The maximum atomic E-state index is 12.6. The van der Waals surface area contributed by atoms with E-state index in [9.17, 15) is 8.42 Å². The molecule has 0 unspecified atom stereocenters. The number of rotatable bonds is 5. The van der Waals surface area contributed by atoms with Gasteiger partial charge in [-0.15, -0.1) is 0 Å². The van der Waals surface area contributed by atoms with E-state index in [2.05, 4.69) is 4.98 Å². The standard InChI is InChI=1S/C12H19N3O3S/c13-12-6-5-11(9-14-12)19(17,18)15(7-8-16)10-3-1-2-4-10/h5-6,9-10,16H,1-4,7-8H2,(H2,13,14). The van der Waals surface area contributed by atoms with E-state index in [1.165, 1.54) is 22.6 Å². The molecule has 0 radical (unpaired) electrons. The topological polar surface area (TPSA) is 96.5 Å². The lowest BCUT2D eigenvalue weighted by Gasteiger charge is -2.27. The molecule has 19 heavy (non-hydrogen) atoms. The normalized spacial score (nSPS) is 17.2. The second-order valence-corrected chi connectivity index (χ2v) is 6.59. The SMILES string of the molecule is Nc1ccc(S(=O)(=O)N(CCO)C2CCCC2)cn1. The summed E-state index contributed by atoms with van der Waals surface area (Å²) in [5, 5.41) is 9.11. The molecule has 0 aliphatic heterocycles. The van der Waals surface area contributed by atoms with Gasteiger partial charge in [-0.05, 0) is 25.0 Å². The van der Waals surface area contributed by atoms with Crippen molar-refractivity contribution in [3.8, 4) is 0 Å². The van der Waals surface area contributed by atoms with Gasteiger partial charge in [-0.3, -0.25) is 0 Å². The number of aliphatic hydroxyl groups excluding tert-OH is 1. The summed E-state index contributed by atoms with van der Waals surface area (Å²) in [7, 11) is -3.61. The van der Waals surface area contributed by atoms with Crippen molar-refractivity contribution in [1.82, 2.24) is 9.29 Å². The van der Waals surface area contributed by atoms with E-state index >= 15 is 0 Å². The molecule has 1 aliphatic rings. The largest absolute Gasteiger partial charge is 0.395 e. The third kappa shape index (κ3) is 3.05. The minimum atomic E-state index is -3.61. The number of nitrogens with two attached hydrogens (primary N) is 1. The number of hydrogen-bond donors (Lipinski definition) is 2. The van der Waals surface area contributed by atoms with E-state index in [1.807, 2.05) is 0 Å². The van der Waals surface area contributed by atoms with Crippen molar-refractivity contribution >= 4 is 15.8 Å². The quantitative estimate of drug-likeness (QED) is 0.825. The Balaban J connectivity index is 2.30. The first-order chi connectivity index (χ1) is 9.05. The number of sulfonamides is 1.